The van der Waals surface area contributed by atoms with Crippen LogP contribution in [0.3, 0.4) is 0 Å². The monoisotopic (exact) mass is 608 g/mol. The number of thiazole rings is 1. The summed E-state index contributed by atoms with van der Waals surface area (Å²) in [6.07, 6.45) is 3.25. The normalized spacial score (nSPS) is 14.9. The van der Waals surface area contributed by atoms with Crippen LogP contribution in [0.25, 0.3) is 23.0 Å². The largest absolute Gasteiger partial charge is 0.497 e. The van der Waals surface area contributed by atoms with Gasteiger partial charge < -0.3 is 9.47 Å². The molecule has 0 N–H and O–H groups in total. The molecule has 8 nitrogen and oxygen atoms in total. The van der Waals surface area contributed by atoms with Crippen molar-refractivity contribution in [2.24, 2.45) is 4.99 Å². The number of hydrogen-bond acceptors (Lipinski definition) is 7. The minimum atomic E-state index is -0.755. The van der Waals surface area contributed by atoms with Gasteiger partial charge in [0, 0.05) is 17.3 Å². The molecule has 0 spiro atoms. The van der Waals surface area contributed by atoms with Gasteiger partial charge >= 0.3 is 5.97 Å². The molecule has 0 aliphatic carbocycles. The van der Waals surface area contributed by atoms with Crippen LogP contribution in [-0.4, -0.2) is 33.5 Å². The summed E-state index contributed by atoms with van der Waals surface area (Å²) < 4.78 is 28.4. The number of methoxy groups -OCH3 is 1. The molecule has 44 heavy (non-hydrogen) atoms. The number of ether oxygens (including phenoxy) is 2. The van der Waals surface area contributed by atoms with Gasteiger partial charge in [-0.05, 0) is 80.9 Å². The Hall–Kier alpha value is -5.09. The molecule has 2 aromatic heterocycles. The number of allylic oxidation sites excluding steroid dienone is 1. The van der Waals surface area contributed by atoms with E-state index in [-0.39, 0.29) is 17.5 Å². The lowest BCUT2D eigenvalue weighted by Gasteiger charge is -2.25. The quantitative estimate of drug-likeness (QED) is 0.238. The molecule has 3 aromatic carbocycles. The molecule has 222 valence electrons. The van der Waals surface area contributed by atoms with Crippen LogP contribution in [0.15, 0.2) is 106 Å². The zero-order valence-corrected chi connectivity index (χ0v) is 25.3. The Morgan fingerprint density at radius 3 is 2.39 bits per heavy atom. The first-order valence-electron chi connectivity index (χ1n) is 14.0. The first-order valence-corrected chi connectivity index (χ1v) is 14.8. The second-order valence-corrected chi connectivity index (χ2v) is 11.5. The third kappa shape index (κ3) is 5.51. The summed E-state index contributed by atoms with van der Waals surface area (Å²) in [4.78, 5) is 32.7. The number of nitrogens with zero attached hydrogens (tertiary/aromatic N) is 4. The zero-order valence-electron chi connectivity index (χ0n) is 24.5. The van der Waals surface area contributed by atoms with Gasteiger partial charge in [-0.2, -0.15) is 5.10 Å². The number of hydrogen-bond donors (Lipinski definition) is 0. The van der Waals surface area contributed by atoms with Crippen molar-refractivity contribution in [3.63, 3.8) is 0 Å². The molecule has 0 saturated carbocycles. The molecular weight excluding hydrogens is 579 g/mol. The molecule has 0 amide bonds. The standard InChI is InChI=1S/C34H29FN4O4S/c1-20(2)43-33(41)29-21(3)36-34-39(31(29)23-12-16-27(42-4)17-13-23)32(40)28(44-34)18-24-19-38(26-8-6-5-7-9-26)37-30(24)22-10-14-25(35)15-11-22/h5-20,31H,1-4H3/b28-18+/t31-/m0/s1. The number of para-hydroxylation sites is 1. The van der Waals surface area contributed by atoms with Gasteiger partial charge in [-0.15, -0.1) is 0 Å². The molecule has 10 heteroatoms. The number of aromatic nitrogens is 3. The van der Waals surface area contributed by atoms with Gasteiger partial charge in [0.15, 0.2) is 4.80 Å². The Kier molecular flexibility index (Phi) is 7.84. The van der Waals surface area contributed by atoms with E-state index in [1.807, 2.05) is 48.7 Å². The van der Waals surface area contributed by atoms with E-state index in [0.717, 1.165) is 5.69 Å². The minimum Gasteiger partial charge on any atom is -0.497 e. The number of fused-ring (bicyclic) bond motifs is 1. The van der Waals surface area contributed by atoms with Crippen molar-refractivity contribution in [3.05, 3.63) is 133 Å². The molecule has 1 aliphatic rings. The van der Waals surface area contributed by atoms with E-state index in [2.05, 4.69) is 4.99 Å². The number of esters is 1. The van der Waals surface area contributed by atoms with Crippen molar-refractivity contribution >= 4 is 23.4 Å². The van der Waals surface area contributed by atoms with Crippen LogP contribution in [0.2, 0.25) is 0 Å². The predicted molar refractivity (Wildman–Crippen MR) is 167 cm³/mol. The molecule has 1 aliphatic heterocycles. The Bertz CT molecular complexity index is 2060. The first-order chi connectivity index (χ1) is 21.2. The average molecular weight is 609 g/mol. The maximum absolute atomic E-state index is 14.2. The van der Waals surface area contributed by atoms with E-state index in [1.165, 1.54) is 23.5 Å². The summed E-state index contributed by atoms with van der Waals surface area (Å²) in [5, 5.41) is 4.80. The zero-order chi connectivity index (χ0) is 31.0. The highest BCUT2D eigenvalue weighted by atomic mass is 32.1. The fourth-order valence-corrected chi connectivity index (χ4v) is 6.18. The molecule has 6 rings (SSSR count). The van der Waals surface area contributed by atoms with Gasteiger partial charge in [0.2, 0.25) is 0 Å². The van der Waals surface area contributed by atoms with E-state index in [4.69, 9.17) is 14.6 Å². The molecule has 0 bridgehead atoms. The van der Waals surface area contributed by atoms with Crippen molar-refractivity contribution < 1.29 is 18.7 Å². The van der Waals surface area contributed by atoms with E-state index in [9.17, 15) is 14.0 Å². The number of rotatable bonds is 7. The SMILES string of the molecule is COc1ccc([C@H]2C(C(=O)OC(C)C)=C(C)N=c3s/c(=C/c4cn(-c5ccccc5)nc4-c4ccc(F)cc4)c(=O)n32)cc1. The van der Waals surface area contributed by atoms with Gasteiger partial charge in [0.1, 0.15) is 17.3 Å². The highest BCUT2D eigenvalue weighted by molar-refractivity contribution is 7.07. The summed E-state index contributed by atoms with van der Waals surface area (Å²) >= 11 is 1.23. The van der Waals surface area contributed by atoms with Crippen molar-refractivity contribution in [2.75, 3.05) is 7.11 Å². The van der Waals surface area contributed by atoms with Gasteiger partial charge in [-0.3, -0.25) is 9.36 Å². The molecule has 0 saturated heterocycles. The topological polar surface area (TPSA) is 87.7 Å². The molecule has 0 fully saturated rings. The van der Waals surface area contributed by atoms with Crippen LogP contribution < -0.4 is 19.6 Å². The summed E-state index contributed by atoms with van der Waals surface area (Å²) in [6.45, 7) is 5.31. The average Bonchev–Trinajstić information content (AvgIpc) is 3.57. The lowest BCUT2D eigenvalue weighted by Crippen LogP contribution is -2.40. The van der Waals surface area contributed by atoms with E-state index in [0.29, 0.717) is 48.7 Å². The summed E-state index contributed by atoms with van der Waals surface area (Å²) in [6, 6.07) is 22.2. The van der Waals surface area contributed by atoms with E-state index in [1.54, 1.807) is 67.5 Å². The molecule has 0 radical (unpaired) electrons. The van der Waals surface area contributed by atoms with Crippen LogP contribution in [-0.2, 0) is 9.53 Å². The molecule has 0 unspecified atom stereocenters. The smallest absolute Gasteiger partial charge is 0.338 e. The predicted octanol–water partition coefficient (Wildman–Crippen LogP) is 5.19. The summed E-state index contributed by atoms with van der Waals surface area (Å²) in [7, 11) is 1.58. The van der Waals surface area contributed by atoms with E-state index >= 15 is 0 Å². The molecule has 1 atom stereocenters. The van der Waals surface area contributed by atoms with Crippen LogP contribution in [0.4, 0.5) is 4.39 Å². The van der Waals surface area contributed by atoms with Crippen LogP contribution in [0, 0.1) is 5.82 Å². The van der Waals surface area contributed by atoms with Crippen LogP contribution in [0.1, 0.15) is 37.9 Å². The number of benzene rings is 3. The molecular formula is C34H29FN4O4S. The van der Waals surface area contributed by atoms with Crippen molar-refractivity contribution in [2.45, 2.75) is 32.9 Å². The fraction of sp³-hybridized carbons (Fsp3) is 0.176. The van der Waals surface area contributed by atoms with Crippen LogP contribution >= 0.6 is 11.3 Å². The Labute approximate surface area is 256 Å². The maximum atomic E-state index is 14.2. The third-order valence-corrected chi connectivity index (χ3v) is 8.17. The molecule has 5 aromatic rings. The lowest BCUT2D eigenvalue weighted by atomic mass is 9.96. The Morgan fingerprint density at radius 1 is 1.02 bits per heavy atom. The summed E-state index contributed by atoms with van der Waals surface area (Å²) in [5.41, 5.74) is 3.97. The van der Waals surface area contributed by atoms with Gasteiger partial charge in [0.05, 0.1) is 40.7 Å². The van der Waals surface area contributed by atoms with Gasteiger partial charge in [-0.25, -0.2) is 18.9 Å². The molecule has 3 heterocycles. The number of halogens is 1. The highest BCUT2D eigenvalue weighted by Crippen LogP contribution is 2.32. The Balaban J connectivity index is 1.55. The lowest BCUT2D eigenvalue weighted by molar-refractivity contribution is -0.143. The summed E-state index contributed by atoms with van der Waals surface area (Å²) in [5.74, 6) is -0.234. The number of carbonyl (C=O) groups is 1. The van der Waals surface area contributed by atoms with Gasteiger partial charge in [0.25, 0.3) is 5.56 Å². The minimum absolute atomic E-state index is 0.298. The second kappa shape index (κ2) is 11.9. The Morgan fingerprint density at radius 2 is 1.73 bits per heavy atom. The van der Waals surface area contributed by atoms with Crippen molar-refractivity contribution in [1.29, 1.82) is 0 Å². The maximum Gasteiger partial charge on any atom is 0.338 e. The van der Waals surface area contributed by atoms with Crippen LogP contribution in [0.5, 0.6) is 5.75 Å². The first kappa shape index (κ1) is 29.0. The van der Waals surface area contributed by atoms with Crippen molar-refractivity contribution in [1.82, 2.24) is 14.3 Å². The van der Waals surface area contributed by atoms with Gasteiger partial charge in [-0.1, -0.05) is 41.7 Å². The van der Waals surface area contributed by atoms with Crippen molar-refractivity contribution in [3.8, 4) is 22.7 Å². The fourth-order valence-electron chi connectivity index (χ4n) is 5.14. The second-order valence-electron chi connectivity index (χ2n) is 10.5. The number of carbonyl (C=O) groups excluding carboxylic acids is 1. The van der Waals surface area contributed by atoms with E-state index < -0.39 is 12.0 Å². The highest BCUT2D eigenvalue weighted by Gasteiger charge is 2.34. The third-order valence-electron chi connectivity index (χ3n) is 7.18.